The fourth-order valence-corrected chi connectivity index (χ4v) is 4.65. The number of hydrogen-bond acceptors (Lipinski definition) is 7. The number of nitrogens with zero attached hydrogens (tertiary/aromatic N) is 1. The molecule has 0 aliphatic carbocycles. The van der Waals surface area contributed by atoms with Gasteiger partial charge in [0, 0.05) is 30.6 Å². The highest BCUT2D eigenvalue weighted by Crippen LogP contribution is 2.41. The number of nitrogens with one attached hydrogen (secondary N) is 1. The molecule has 1 N–H and O–H groups in total. The molecule has 33 heavy (non-hydrogen) atoms. The third-order valence-electron chi connectivity index (χ3n) is 6.53. The number of benzene rings is 1. The van der Waals surface area contributed by atoms with E-state index in [2.05, 4.69) is 16.3 Å². The van der Waals surface area contributed by atoms with E-state index in [4.69, 9.17) is 14.2 Å². The Morgan fingerprint density at radius 2 is 1.97 bits per heavy atom. The van der Waals surface area contributed by atoms with Crippen molar-refractivity contribution in [2.75, 3.05) is 45.2 Å². The number of carbonyl (C=O) groups is 2. The van der Waals surface area contributed by atoms with E-state index in [1.807, 2.05) is 20.8 Å². The number of allylic oxidation sites excluding steroid dienone is 2. The van der Waals surface area contributed by atoms with Gasteiger partial charge in [0.05, 0.1) is 18.4 Å². The van der Waals surface area contributed by atoms with Gasteiger partial charge in [0.15, 0.2) is 0 Å². The van der Waals surface area contributed by atoms with Crippen molar-refractivity contribution in [2.45, 2.75) is 65.9 Å². The van der Waals surface area contributed by atoms with Crippen LogP contribution in [0.5, 0.6) is 5.75 Å². The van der Waals surface area contributed by atoms with E-state index in [0.29, 0.717) is 38.0 Å². The number of hydrogen-bond donors (Lipinski definition) is 1. The lowest BCUT2D eigenvalue weighted by Crippen LogP contribution is -2.33. The van der Waals surface area contributed by atoms with Gasteiger partial charge in [0.25, 0.3) is 0 Å². The smallest absolute Gasteiger partial charge is 0.341 e. The van der Waals surface area contributed by atoms with E-state index in [1.54, 1.807) is 7.11 Å². The quantitative estimate of drug-likeness (QED) is 0.389. The van der Waals surface area contributed by atoms with Crippen LogP contribution >= 0.6 is 0 Å². The number of carbonyl (C=O) groups excluding carboxylic acids is 2. The number of piperidine rings is 1. The summed E-state index contributed by atoms with van der Waals surface area (Å²) < 4.78 is 16.5. The van der Waals surface area contributed by atoms with Gasteiger partial charge >= 0.3 is 11.9 Å². The molecule has 0 radical (unpaired) electrons. The summed E-state index contributed by atoms with van der Waals surface area (Å²) in [4.78, 5) is 26.9. The SMILES string of the molecule is CCNc1c(CC=C(C)CCC(=O)OCCN2CCCCC2)c(OC)c(C)c2c1C(=O)OC2. The van der Waals surface area contributed by atoms with Gasteiger partial charge in [0.2, 0.25) is 0 Å². The highest BCUT2D eigenvalue weighted by atomic mass is 16.5. The molecular weight excluding hydrogens is 420 g/mol. The predicted octanol–water partition coefficient (Wildman–Crippen LogP) is 4.40. The molecule has 0 spiro atoms. The number of fused-ring (bicyclic) bond motifs is 1. The lowest BCUT2D eigenvalue weighted by atomic mass is 9.93. The molecule has 1 fully saturated rings. The third-order valence-corrected chi connectivity index (χ3v) is 6.53. The predicted molar refractivity (Wildman–Crippen MR) is 129 cm³/mol. The average Bonchev–Trinajstić information content (AvgIpc) is 3.21. The molecule has 1 saturated heterocycles. The summed E-state index contributed by atoms with van der Waals surface area (Å²) in [6.07, 6.45) is 7.50. The highest BCUT2D eigenvalue weighted by molar-refractivity contribution is 6.01. The Morgan fingerprint density at radius 3 is 2.67 bits per heavy atom. The van der Waals surface area contributed by atoms with Crippen LogP contribution in [0.15, 0.2) is 11.6 Å². The van der Waals surface area contributed by atoms with Gasteiger partial charge in [-0.1, -0.05) is 18.1 Å². The number of likely N-dealkylation sites (tertiary alicyclic amines) is 1. The number of rotatable bonds is 11. The van der Waals surface area contributed by atoms with Crippen molar-refractivity contribution >= 4 is 17.6 Å². The zero-order chi connectivity index (χ0) is 23.8. The van der Waals surface area contributed by atoms with E-state index < -0.39 is 0 Å². The Hall–Kier alpha value is -2.54. The second-order valence-corrected chi connectivity index (χ2v) is 8.85. The number of cyclic esters (lactones) is 1. The monoisotopic (exact) mass is 458 g/mol. The standard InChI is InChI=1S/C26H38N2O5/c1-5-27-24-20(25(31-4)19(3)21-17-33-26(30)23(21)24)11-9-18(2)10-12-22(29)32-16-15-28-13-7-6-8-14-28/h9,27H,5-8,10-17H2,1-4H3. The first kappa shape index (κ1) is 25.1. The summed E-state index contributed by atoms with van der Waals surface area (Å²) in [6.45, 7) is 10.5. The van der Waals surface area contributed by atoms with Crippen LogP contribution in [0.4, 0.5) is 5.69 Å². The Balaban J connectivity index is 1.60. The molecule has 0 unspecified atom stereocenters. The van der Waals surface area contributed by atoms with Crippen molar-refractivity contribution in [1.82, 2.24) is 4.90 Å². The first-order valence-electron chi connectivity index (χ1n) is 12.1. The number of ether oxygens (including phenoxy) is 3. The van der Waals surface area contributed by atoms with E-state index in [0.717, 1.165) is 53.3 Å². The van der Waals surface area contributed by atoms with E-state index in [-0.39, 0.29) is 18.5 Å². The topological polar surface area (TPSA) is 77.1 Å². The largest absolute Gasteiger partial charge is 0.496 e. The van der Waals surface area contributed by atoms with Crippen molar-refractivity contribution in [3.63, 3.8) is 0 Å². The first-order chi connectivity index (χ1) is 16.0. The Labute approximate surface area is 197 Å². The van der Waals surface area contributed by atoms with Crippen molar-refractivity contribution in [3.8, 4) is 5.75 Å². The summed E-state index contributed by atoms with van der Waals surface area (Å²) in [5, 5.41) is 3.34. The molecule has 0 bridgehead atoms. The molecule has 1 aromatic rings. The van der Waals surface area contributed by atoms with Crippen LogP contribution in [0.3, 0.4) is 0 Å². The Bertz CT molecular complexity index is 887. The fourth-order valence-electron chi connectivity index (χ4n) is 4.65. The minimum Gasteiger partial charge on any atom is -0.496 e. The van der Waals surface area contributed by atoms with Gasteiger partial charge in [-0.25, -0.2) is 4.79 Å². The van der Waals surface area contributed by atoms with Crippen LogP contribution < -0.4 is 10.1 Å². The van der Waals surface area contributed by atoms with Crippen LogP contribution in [0.25, 0.3) is 0 Å². The van der Waals surface area contributed by atoms with Crippen LogP contribution in [-0.4, -0.2) is 56.7 Å². The van der Waals surface area contributed by atoms with Gasteiger partial charge < -0.3 is 19.5 Å². The summed E-state index contributed by atoms with van der Waals surface area (Å²) >= 11 is 0. The van der Waals surface area contributed by atoms with Crippen molar-refractivity contribution in [3.05, 3.63) is 33.9 Å². The first-order valence-corrected chi connectivity index (χ1v) is 12.1. The number of anilines is 1. The zero-order valence-electron chi connectivity index (χ0n) is 20.6. The molecule has 0 amide bonds. The van der Waals surface area contributed by atoms with Crippen LogP contribution in [0.2, 0.25) is 0 Å². The third kappa shape index (κ3) is 6.28. The summed E-state index contributed by atoms with van der Waals surface area (Å²) in [7, 11) is 1.65. The fraction of sp³-hybridized carbons (Fsp3) is 0.615. The Morgan fingerprint density at radius 1 is 1.21 bits per heavy atom. The van der Waals surface area contributed by atoms with Crippen LogP contribution in [-0.2, 0) is 27.3 Å². The summed E-state index contributed by atoms with van der Waals surface area (Å²) in [5.74, 6) is 0.340. The molecular formula is C26H38N2O5. The number of esters is 2. The molecule has 2 heterocycles. The molecule has 7 heteroatoms. The van der Waals surface area contributed by atoms with Gasteiger partial charge in [-0.05, 0) is 65.1 Å². The van der Waals surface area contributed by atoms with E-state index in [1.165, 1.54) is 19.3 Å². The molecule has 0 saturated carbocycles. The van der Waals surface area contributed by atoms with Crippen LogP contribution in [0.1, 0.15) is 73.0 Å². The lowest BCUT2D eigenvalue weighted by molar-refractivity contribution is -0.144. The molecule has 1 aromatic carbocycles. The maximum atomic E-state index is 12.4. The van der Waals surface area contributed by atoms with Crippen molar-refractivity contribution in [1.29, 1.82) is 0 Å². The molecule has 182 valence electrons. The molecule has 3 rings (SSSR count). The van der Waals surface area contributed by atoms with Crippen molar-refractivity contribution in [2.24, 2.45) is 0 Å². The molecule has 0 atom stereocenters. The normalized spacial score (nSPS) is 16.4. The second-order valence-electron chi connectivity index (χ2n) is 8.85. The average molecular weight is 459 g/mol. The van der Waals surface area contributed by atoms with E-state index >= 15 is 0 Å². The zero-order valence-corrected chi connectivity index (χ0v) is 20.6. The minimum atomic E-state index is -0.291. The highest BCUT2D eigenvalue weighted by Gasteiger charge is 2.31. The molecule has 7 nitrogen and oxygen atoms in total. The molecule has 0 aromatic heterocycles. The van der Waals surface area contributed by atoms with Gasteiger partial charge in [-0.2, -0.15) is 0 Å². The van der Waals surface area contributed by atoms with Gasteiger partial charge in [0.1, 0.15) is 19.0 Å². The maximum absolute atomic E-state index is 12.4. The summed E-state index contributed by atoms with van der Waals surface area (Å²) in [6, 6.07) is 0. The Kier molecular flexibility index (Phi) is 9.18. The van der Waals surface area contributed by atoms with Gasteiger partial charge in [-0.15, -0.1) is 0 Å². The van der Waals surface area contributed by atoms with Gasteiger partial charge in [-0.3, -0.25) is 9.69 Å². The lowest BCUT2D eigenvalue weighted by Gasteiger charge is -2.25. The van der Waals surface area contributed by atoms with Crippen molar-refractivity contribution < 1.29 is 23.8 Å². The maximum Gasteiger partial charge on any atom is 0.341 e. The molecule has 2 aliphatic heterocycles. The minimum absolute atomic E-state index is 0.151. The number of methoxy groups -OCH3 is 1. The second kappa shape index (κ2) is 12.1. The van der Waals surface area contributed by atoms with E-state index in [9.17, 15) is 9.59 Å². The molecule has 2 aliphatic rings. The summed E-state index contributed by atoms with van der Waals surface area (Å²) in [5.41, 5.74) is 5.29. The van der Waals surface area contributed by atoms with Crippen LogP contribution in [0, 0.1) is 6.92 Å².